The Morgan fingerprint density at radius 3 is 2.67 bits per heavy atom. The number of amides is 2. The van der Waals surface area contributed by atoms with Crippen molar-refractivity contribution in [1.82, 2.24) is 4.90 Å². The van der Waals surface area contributed by atoms with E-state index in [4.69, 9.17) is 0 Å². The fourth-order valence-electron chi connectivity index (χ4n) is 4.54. The first-order chi connectivity index (χ1) is 15.6. The molecule has 0 unspecified atom stereocenters. The number of carbonyl (C=O) groups is 2. The molecule has 3 atom stereocenters. The largest absolute Gasteiger partial charge is 0.417 e. The SMILES string of the molecule is O=C(Nc1ccc(Br)c(C(F)(F)F)c1)[C@H]1CC=C[C@H]2CCN(Cc3ccccc3F)C(=O)[C@@H]12. The number of nitrogens with one attached hydrogen (secondary N) is 1. The number of benzene rings is 2. The summed E-state index contributed by atoms with van der Waals surface area (Å²) in [6.07, 6.45) is 0.115. The second kappa shape index (κ2) is 9.29. The Hall–Kier alpha value is -2.68. The van der Waals surface area contributed by atoms with Crippen LogP contribution in [-0.4, -0.2) is 23.3 Å². The Balaban J connectivity index is 1.53. The highest BCUT2D eigenvalue weighted by Gasteiger charge is 2.44. The lowest BCUT2D eigenvalue weighted by Gasteiger charge is -2.41. The van der Waals surface area contributed by atoms with Crippen LogP contribution in [0.15, 0.2) is 59.1 Å². The molecule has 2 amide bonds. The monoisotopic (exact) mass is 524 g/mol. The van der Waals surface area contributed by atoms with Gasteiger partial charge in [0.1, 0.15) is 5.82 Å². The van der Waals surface area contributed by atoms with Crippen LogP contribution in [0, 0.1) is 23.6 Å². The molecule has 0 saturated carbocycles. The van der Waals surface area contributed by atoms with E-state index in [1.165, 1.54) is 18.2 Å². The molecule has 4 rings (SSSR count). The van der Waals surface area contributed by atoms with Crippen molar-refractivity contribution in [3.8, 4) is 0 Å². The minimum Gasteiger partial charge on any atom is -0.338 e. The summed E-state index contributed by atoms with van der Waals surface area (Å²) in [6, 6.07) is 9.69. The Morgan fingerprint density at radius 1 is 1.18 bits per heavy atom. The van der Waals surface area contributed by atoms with Crippen molar-refractivity contribution in [1.29, 1.82) is 0 Å². The van der Waals surface area contributed by atoms with Gasteiger partial charge in [-0.25, -0.2) is 4.39 Å². The molecule has 1 saturated heterocycles. The van der Waals surface area contributed by atoms with Crippen LogP contribution in [-0.2, 0) is 22.3 Å². The van der Waals surface area contributed by atoms with Gasteiger partial charge in [-0.1, -0.05) is 46.3 Å². The van der Waals surface area contributed by atoms with Crippen molar-refractivity contribution in [2.45, 2.75) is 25.6 Å². The van der Waals surface area contributed by atoms with Crippen molar-refractivity contribution in [2.75, 3.05) is 11.9 Å². The lowest BCUT2D eigenvalue weighted by molar-refractivity contribution is -0.147. The highest BCUT2D eigenvalue weighted by atomic mass is 79.9. The third-order valence-corrected chi connectivity index (χ3v) is 6.88. The normalized spacial score (nSPS) is 22.8. The van der Waals surface area contributed by atoms with Crippen molar-refractivity contribution >= 4 is 33.4 Å². The number of piperidine rings is 1. The predicted octanol–water partition coefficient (Wildman–Crippen LogP) is 5.79. The molecule has 0 aromatic heterocycles. The van der Waals surface area contributed by atoms with Gasteiger partial charge in [-0.15, -0.1) is 0 Å². The Bertz CT molecular complexity index is 1100. The zero-order valence-corrected chi connectivity index (χ0v) is 19.0. The zero-order valence-electron chi connectivity index (χ0n) is 17.4. The first-order valence-corrected chi connectivity index (χ1v) is 11.3. The second-order valence-electron chi connectivity index (χ2n) is 8.28. The van der Waals surface area contributed by atoms with E-state index in [9.17, 15) is 27.2 Å². The van der Waals surface area contributed by atoms with Gasteiger partial charge in [0, 0.05) is 28.8 Å². The van der Waals surface area contributed by atoms with Crippen LogP contribution in [0.3, 0.4) is 0 Å². The van der Waals surface area contributed by atoms with Crippen molar-refractivity contribution in [3.63, 3.8) is 0 Å². The van der Waals surface area contributed by atoms with Gasteiger partial charge >= 0.3 is 6.18 Å². The third-order valence-electron chi connectivity index (χ3n) is 6.19. The van der Waals surface area contributed by atoms with E-state index in [1.807, 2.05) is 12.2 Å². The van der Waals surface area contributed by atoms with E-state index in [2.05, 4.69) is 21.2 Å². The minimum atomic E-state index is -4.58. The number of fused-ring (bicyclic) bond motifs is 1. The van der Waals surface area contributed by atoms with Crippen LogP contribution < -0.4 is 5.32 Å². The molecular formula is C24H21BrF4N2O2. The van der Waals surface area contributed by atoms with Gasteiger partial charge in [0.05, 0.1) is 17.4 Å². The smallest absolute Gasteiger partial charge is 0.338 e. The molecule has 1 fully saturated rings. The van der Waals surface area contributed by atoms with Gasteiger partial charge in [-0.2, -0.15) is 13.2 Å². The van der Waals surface area contributed by atoms with E-state index in [0.717, 1.165) is 6.07 Å². The standard InChI is InChI=1S/C24H21BrF4N2O2/c25-19-9-8-16(12-18(19)24(27,28)29)30-22(32)17-6-3-5-14-10-11-31(23(33)21(14)17)13-15-4-1-2-7-20(15)26/h1-5,7-9,12,14,17,21H,6,10-11,13H2,(H,30,32)/t14-,17-,21+/m0/s1. The molecular weight excluding hydrogens is 504 g/mol. The Kier molecular flexibility index (Phi) is 6.61. The van der Waals surface area contributed by atoms with E-state index in [0.29, 0.717) is 24.9 Å². The summed E-state index contributed by atoms with van der Waals surface area (Å²) >= 11 is 2.88. The number of carbonyl (C=O) groups excluding carboxylic acids is 2. The summed E-state index contributed by atoms with van der Waals surface area (Å²) in [5.41, 5.74) is -0.495. The molecule has 0 spiro atoms. The number of hydrogen-bond donors (Lipinski definition) is 1. The van der Waals surface area contributed by atoms with E-state index < -0.39 is 35.3 Å². The Morgan fingerprint density at radius 2 is 1.94 bits per heavy atom. The number of likely N-dealkylation sites (tertiary alicyclic amines) is 1. The van der Waals surface area contributed by atoms with Crippen LogP contribution in [0.25, 0.3) is 0 Å². The molecule has 2 aromatic carbocycles. The quantitative estimate of drug-likeness (QED) is 0.406. The highest BCUT2D eigenvalue weighted by Crippen LogP contribution is 2.39. The molecule has 9 heteroatoms. The third kappa shape index (κ3) is 4.98. The van der Waals surface area contributed by atoms with Gasteiger partial charge in [-0.3, -0.25) is 9.59 Å². The topological polar surface area (TPSA) is 49.4 Å². The van der Waals surface area contributed by atoms with E-state index in [1.54, 1.807) is 23.1 Å². The summed E-state index contributed by atoms with van der Waals surface area (Å²) in [4.78, 5) is 27.9. The lowest BCUT2D eigenvalue weighted by atomic mass is 9.71. The molecule has 1 heterocycles. The zero-order chi connectivity index (χ0) is 23.8. The van der Waals surface area contributed by atoms with Crippen LogP contribution in [0.4, 0.5) is 23.2 Å². The van der Waals surface area contributed by atoms with Crippen molar-refractivity contribution in [3.05, 3.63) is 76.0 Å². The molecule has 1 aliphatic heterocycles. The molecule has 1 aliphatic carbocycles. The van der Waals surface area contributed by atoms with Crippen LogP contribution in [0.2, 0.25) is 0 Å². The molecule has 33 heavy (non-hydrogen) atoms. The Labute approximate surface area is 196 Å². The predicted molar refractivity (Wildman–Crippen MR) is 118 cm³/mol. The van der Waals surface area contributed by atoms with Gasteiger partial charge in [0.2, 0.25) is 11.8 Å². The molecule has 2 aliphatic rings. The average molecular weight is 525 g/mol. The molecule has 4 nitrogen and oxygen atoms in total. The second-order valence-corrected chi connectivity index (χ2v) is 9.14. The fourth-order valence-corrected chi connectivity index (χ4v) is 5.01. The van der Waals surface area contributed by atoms with Crippen LogP contribution in [0.5, 0.6) is 0 Å². The molecule has 1 N–H and O–H groups in total. The van der Waals surface area contributed by atoms with Gasteiger partial charge in [0.25, 0.3) is 0 Å². The fraction of sp³-hybridized carbons (Fsp3) is 0.333. The number of anilines is 1. The summed E-state index contributed by atoms with van der Waals surface area (Å²) in [5, 5.41) is 2.55. The number of hydrogen-bond acceptors (Lipinski definition) is 2. The maximum Gasteiger partial charge on any atom is 0.417 e. The lowest BCUT2D eigenvalue weighted by Crippen LogP contribution is -2.50. The number of alkyl halides is 3. The highest BCUT2D eigenvalue weighted by molar-refractivity contribution is 9.10. The molecule has 0 bridgehead atoms. The van der Waals surface area contributed by atoms with Gasteiger partial charge < -0.3 is 10.2 Å². The molecule has 2 aromatic rings. The number of halogens is 5. The summed E-state index contributed by atoms with van der Waals surface area (Å²) in [5.74, 6) is -2.67. The molecule has 0 radical (unpaired) electrons. The first-order valence-electron chi connectivity index (χ1n) is 10.5. The van der Waals surface area contributed by atoms with Crippen molar-refractivity contribution < 1.29 is 27.2 Å². The molecule has 174 valence electrons. The van der Waals surface area contributed by atoms with Crippen molar-refractivity contribution in [2.24, 2.45) is 17.8 Å². The number of allylic oxidation sites excluding steroid dienone is 2. The van der Waals surface area contributed by atoms with Crippen LogP contribution in [0.1, 0.15) is 24.0 Å². The number of rotatable bonds is 4. The van der Waals surface area contributed by atoms with E-state index >= 15 is 0 Å². The number of nitrogens with zero attached hydrogens (tertiary/aromatic N) is 1. The van der Waals surface area contributed by atoms with E-state index in [-0.39, 0.29) is 28.5 Å². The first kappa shape index (κ1) is 23.5. The summed E-state index contributed by atoms with van der Waals surface area (Å²) in [7, 11) is 0. The maximum absolute atomic E-state index is 14.1. The van der Waals surface area contributed by atoms with Crippen LogP contribution >= 0.6 is 15.9 Å². The average Bonchev–Trinajstić information content (AvgIpc) is 2.77. The summed E-state index contributed by atoms with van der Waals surface area (Å²) < 4.78 is 53.6. The minimum absolute atomic E-state index is 0.00750. The van der Waals surface area contributed by atoms with Gasteiger partial charge in [0.15, 0.2) is 0 Å². The summed E-state index contributed by atoms with van der Waals surface area (Å²) in [6.45, 7) is 0.545. The maximum atomic E-state index is 14.1. The van der Waals surface area contributed by atoms with Gasteiger partial charge in [-0.05, 0) is 43.0 Å².